The van der Waals surface area contributed by atoms with E-state index in [1.165, 1.54) is 6.92 Å². The number of hydrogen-bond donors (Lipinski definition) is 0. The van der Waals surface area contributed by atoms with Crippen molar-refractivity contribution in [2.24, 2.45) is 0 Å². The van der Waals surface area contributed by atoms with E-state index in [0.29, 0.717) is 17.5 Å². The van der Waals surface area contributed by atoms with Gasteiger partial charge in [-0.25, -0.2) is 13.6 Å². The van der Waals surface area contributed by atoms with Crippen molar-refractivity contribution < 1.29 is 31.5 Å². The van der Waals surface area contributed by atoms with Gasteiger partial charge in [0.1, 0.15) is 11.3 Å². The molecule has 1 rings (SSSR count). The van der Waals surface area contributed by atoms with Gasteiger partial charge in [0.2, 0.25) is 0 Å². The van der Waals surface area contributed by atoms with Crippen LogP contribution in [0.5, 0.6) is 0 Å². The number of unbranched alkanes of at least 4 members (excludes halogenated alkanes) is 1. The number of rotatable bonds is 6. The van der Waals surface area contributed by atoms with E-state index in [2.05, 4.69) is 9.84 Å². The molecule has 1 heterocycles. The molecule has 0 bridgehead atoms. The summed E-state index contributed by atoms with van der Waals surface area (Å²) in [5, 5.41) is 3.26. The SMILES string of the molecule is CCCCn1nc(C(F)F)c(C(=O)OCC)c1C(F)(F)F. The number of halogens is 5. The van der Waals surface area contributed by atoms with Crippen molar-refractivity contribution >= 4 is 5.97 Å². The Morgan fingerprint density at radius 1 is 1.33 bits per heavy atom. The summed E-state index contributed by atoms with van der Waals surface area (Å²) in [5.41, 5.74) is -3.88. The zero-order valence-corrected chi connectivity index (χ0v) is 11.5. The van der Waals surface area contributed by atoms with Gasteiger partial charge in [-0.3, -0.25) is 4.68 Å². The first-order chi connectivity index (χ1) is 9.73. The summed E-state index contributed by atoms with van der Waals surface area (Å²) in [5.74, 6) is -1.44. The zero-order valence-electron chi connectivity index (χ0n) is 11.5. The van der Waals surface area contributed by atoms with Crippen LogP contribution in [0, 0.1) is 0 Å². The third-order valence-corrected chi connectivity index (χ3v) is 2.66. The lowest BCUT2D eigenvalue weighted by Gasteiger charge is -2.12. The molecule has 0 fully saturated rings. The average Bonchev–Trinajstić information content (AvgIpc) is 2.76. The molecule has 0 unspecified atom stereocenters. The Balaban J connectivity index is 3.47. The summed E-state index contributed by atoms with van der Waals surface area (Å²) in [4.78, 5) is 11.6. The normalized spacial score (nSPS) is 12.0. The van der Waals surface area contributed by atoms with Gasteiger partial charge in [-0.1, -0.05) is 13.3 Å². The maximum Gasteiger partial charge on any atom is 0.433 e. The molecule has 0 aromatic carbocycles. The molecule has 4 nitrogen and oxygen atoms in total. The summed E-state index contributed by atoms with van der Waals surface area (Å²) >= 11 is 0. The number of aromatic nitrogens is 2. The second-order valence-corrected chi connectivity index (χ2v) is 4.20. The molecule has 0 saturated carbocycles. The van der Waals surface area contributed by atoms with Crippen molar-refractivity contribution in [2.75, 3.05) is 6.61 Å². The van der Waals surface area contributed by atoms with Crippen molar-refractivity contribution in [3.05, 3.63) is 17.0 Å². The summed E-state index contributed by atoms with van der Waals surface area (Å²) in [6.07, 6.45) is -7.41. The quantitative estimate of drug-likeness (QED) is 0.592. The molecular formula is C12H15F5N2O2. The second kappa shape index (κ2) is 6.86. The van der Waals surface area contributed by atoms with Crippen LogP contribution in [-0.2, 0) is 17.5 Å². The number of nitrogens with zero attached hydrogens (tertiary/aromatic N) is 2. The maximum atomic E-state index is 13.1. The van der Waals surface area contributed by atoms with Crippen LogP contribution in [-0.4, -0.2) is 22.4 Å². The van der Waals surface area contributed by atoms with Gasteiger partial charge >= 0.3 is 12.1 Å². The molecule has 0 atom stereocenters. The van der Waals surface area contributed by atoms with E-state index in [1.807, 2.05) is 0 Å². The van der Waals surface area contributed by atoms with Gasteiger partial charge in [0.05, 0.1) is 6.61 Å². The van der Waals surface area contributed by atoms with E-state index in [1.54, 1.807) is 6.92 Å². The first-order valence-electron chi connectivity index (χ1n) is 6.37. The minimum Gasteiger partial charge on any atom is -0.462 e. The van der Waals surface area contributed by atoms with Gasteiger partial charge < -0.3 is 4.74 Å². The van der Waals surface area contributed by atoms with Crippen molar-refractivity contribution in [1.29, 1.82) is 0 Å². The monoisotopic (exact) mass is 314 g/mol. The molecule has 0 aliphatic heterocycles. The summed E-state index contributed by atoms with van der Waals surface area (Å²) < 4.78 is 69.9. The first-order valence-corrected chi connectivity index (χ1v) is 6.37. The number of esters is 1. The third kappa shape index (κ3) is 3.92. The Bertz CT molecular complexity index is 497. The Morgan fingerprint density at radius 3 is 2.38 bits per heavy atom. The highest BCUT2D eigenvalue weighted by Crippen LogP contribution is 2.37. The van der Waals surface area contributed by atoms with Crippen LogP contribution in [0.15, 0.2) is 0 Å². The molecule has 120 valence electrons. The van der Waals surface area contributed by atoms with E-state index in [-0.39, 0.29) is 13.2 Å². The lowest BCUT2D eigenvalue weighted by Crippen LogP contribution is -2.19. The van der Waals surface area contributed by atoms with Crippen LogP contribution in [0.4, 0.5) is 22.0 Å². The molecule has 0 spiro atoms. The Hall–Kier alpha value is -1.67. The predicted octanol–water partition coefficient (Wildman–Crippen LogP) is 3.82. The molecule has 0 aliphatic carbocycles. The van der Waals surface area contributed by atoms with Crippen molar-refractivity contribution in [1.82, 2.24) is 9.78 Å². The van der Waals surface area contributed by atoms with Crippen molar-refractivity contribution in [3.8, 4) is 0 Å². The molecule has 0 amide bonds. The number of ether oxygens (including phenoxy) is 1. The maximum absolute atomic E-state index is 13.1. The van der Waals surface area contributed by atoms with Crippen LogP contribution < -0.4 is 0 Å². The van der Waals surface area contributed by atoms with Gasteiger partial charge in [0, 0.05) is 6.54 Å². The molecule has 0 saturated heterocycles. The fourth-order valence-electron chi connectivity index (χ4n) is 1.80. The Kier molecular flexibility index (Phi) is 5.68. The van der Waals surface area contributed by atoms with Gasteiger partial charge in [0.25, 0.3) is 6.43 Å². The Morgan fingerprint density at radius 2 is 1.95 bits per heavy atom. The second-order valence-electron chi connectivity index (χ2n) is 4.20. The Labute approximate surface area is 117 Å². The van der Waals surface area contributed by atoms with E-state index in [0.717, 1.165) is 0 Å². The molecule has 0 aliphatic rings. The molecule has 1 aromatic rings. The van der Waals surface area contributed by atoms with Crippen LogP contribution in [0.2, 0.25) is 0 Å². The van der Waals surface area contributed by atoms with Crippen LogP contribution in [0.3, 0.4) is 0 Å². The number of carbonyl (C=O) groups is 1. The number of hydrogen-bond acceptors (Lipinski definition) is 3. The van der Waals surface area contributed by atoms with Gasteiger partial charge in [-0.15, -0.1) is 0 Å². The molecule has 0 N–H and O–H groups in total. The highest BCUT2D eigenvalue weighted by atomic mass is 19.4. The average molecular weight is 314 g/mol. The molecule has 21 heavy (non-hydrogen) atoms. The summed E-state index contributed by atoms with van der Waals surface area (Å²) in [6, 6.07) is 0. The van der Waals surface area contributed by atoms with Crippen LogP contribution in [0.1, 0.15) is 54.9 Å². The topological polar surface area (TPSA) is 44.1 Å². The standard InChI is InChI=1S/C12H15F5N2O2/c1-3-5-6-19-9(12(15,16)17)7(11(20)21-4-2)8(18-19)10(13)14/h10H,3-6H2,1-2H3. The minimum atomic E-state index is -4.98. The number of carbonyl (C=O) groups excluding carboxylic acids is 1. The largest absolute Gasteiger partial charge is 0.462 e. The highest BCUT2D eigenvalue weighted by Gasteiger charge is 2.44. The van der Waals surface area contributed by atoms with E-state index < -0.39 is 35.5 Å². The van der Waals surface area contributed by atoms with E-state index in [4.69, 9.17) is 0 Å². The number of alkyl halides is 5. The van der Waals surface area contributed by atoms with Gasteiger partial charge in [-0.05, 0) is 13.3 Å². The fraction of sp³-hybridized carbons (Fsp3) is 0.667. The summed E-state index contributed by atoms with van der Waals surface area (Å²) in [6.45, 7) is 2.68. The lowest BCUT2D eigenvalue weighted by molar-refractivity contribution is -0.144. The predicted molar refractivity (Wildman–Crippen MR) is 63.1 cm³/mol. The lowest BCUT2D eigenvalue weighted by atomic mass is 10.1. The molecule has 9 heteroatoms. The molecule has 1 aromatic heterocycles. The fourth-order valence-corrected chi connectivity index (χ4v) is 1.80. The van der Waals surface area contributed by atoms with Crippen LogP contribution in [0.25, 0.3) is 0 Å². The third-order valence-electron chi connectivity index (χ3n) is 2.66. The highest BCUT2D eigenvalue weighted by molar-refractivity contribution is 5.92. The minimum absolute atomic E-state index is 0.204. The number of aryl methyl sites for hydroxylation is 1. The summed E-state index contributed by atoms with van der Waals surface area (Å²) in [7, 11) is 0. The first kappa shape index (κ1) is 17.4. The van der Waals surface area contributed by atoms with Crippen molar-refractivity contribution in [2.45, 2.75) is 45.8 Å². The van der Waals surface area contributed by atoms with Crippen LogP contribution >= 0.6 is 0 Å². The smallest absolute Gasteiger partial charge is 0.433 e. The molecule has 0 radical (unpaired) electrons. The van der Waals surface area contributed by atoms with Crippen molar-refractivity contribution in [3.63, 3.8) is 0 Å². The van der Waals surface area contributed by atoms with E-state index >= 15 is 0 Å². The zero-order chi connectivity index (χ0) is 16.2. The van der Waals surface area contributed by atoms with E-state index in [9.17, 15) is 26.7 Å². The van der Waals surface area contributed by atoms with Gasteiger partial charge in [-0.2, -0.15) is 18.3 Å². The van der Waals surface area contributed by atoms with Gasteiger partial charge in [0.15, 0.2) is 5.69 Å². The molecular weight excluding hydrogens is 299 g/mol.